The Bertz CT molecular complexity index is 602. The third kappa shape index (κ3) is 3.76. The third-order valence-corrected chi connectivity index (χ3v) is 5.79. The van der Waals surface area contributed by atoms with Crippen molar-refractivity contribution in [2.24, 2.45) is 0 Å². The Labute approximate surface area is 149 Å². The van der Waals surface area contributed by atoms with Gasteiger partial charge in [-0.05, 0) is 50.4 Å². The van der Waals surface area contributed by atoms with Gasteiger partial charge in [0.2, 0.25) is 0 Å². The molecule has 1 aliphatic heterocycles. The van der Waals surface area contributed by atoms with Crippen LogP contribution in [-0.2, 0) is 10.2 Å². The number of piperidine rings is 1. The Morgan fingerprint density at radius 3 is 2.44 bits per heavy atom. The fourth-order valence-electron chi connectivity index (χ4n) is 4.13. The Kier molecular flexibility index (Phi) is 5.52. The molecule has 3 rings (SSSR count). The zero-order valence-corrected chi connectivity index (χ0v) is 15.3. The number of hydrogen-bond donors (Lipinski definition) is 1. The Hall–Kier alpha value is -1.75. The van der Waals surface area contributed by atoms with E-state index in [-0.39, 0.29) is 6.10 Å². The molecule has 0 radical (unpaired) electrons. The van der Waals surface area contributed by atoms with E-state index in [1.54, 1.807) is 7.11 Å². The monoisotopic (exact) mass is 347 g/mol. The average molecular weight is 347 g/mol. The summed E-state index contributed by atoms with van der Waals surface area (Å²) in [5.74, 6) is 0.641. The zero-order chi connectivity index (χ0) is 17.9. The average Bonchev–Trinajstić information content (AvgIpc) is 2.64. The smallest absolute Gasteiger partial charge is 0.314 e. The van der Waals surface area contributed by atoms with E-state index in [4.69, 9.17) is 9.47 Å². The van der Waals surface area contributed by atoms with Crippen molar-refractivity contribution in [1.82, 2.24) is 4.90 Å². The van der Waals surface area contributed by atoms with Crippen LogP contribution in [0.1, 0.15) is 50.5 Å². The van der Waals surface area contributed by atoms with Crippen LogP contribution in [0.3, 0.4) is 0 Å². The second-order valence-electron chi connectivity index (χ2n) is 7.43. The zero-order valence-electron chi connectivity index (χ0n) is 15.3. The first-order chi connectivity index (χ1) is 12.0. The van der Waals surface area contributed by atoms with E-state index >= 15 is 0 Å². The number of carboxylic acid groups (broad SMARTS) is 1. The molecule has 0 atom stereocenters. The standard InChI is InChI=1S/C20H29NO4/c1-21-12-8-16(9-13-21)25-18-14-15(6-7-17(18)24-2)20(19(22)23)10-4-3-5-11-20/h6-7,14,16H,3-5,8-13H2,1-2H3,(H,22,23). The lowest BCUT2D eigenvalue weighted by molar-refractivity contribution is -0.145. The Morgan fingerprint density at radius 2 is 1.84 bits per heavy atom. The van der Waals surface area contributed by atoms with Crippen LogP contribution < -0.4 is 9.47 Å². The highest BCUT2D eigenvalue weighted by atomic mass is 16.5. The number of rotatable bonds is 5. The molecule has 1 aromatic rings. The summed E-state index contributed by atoms with van der Waals surface area (Å²) in [6.07, 6.45) is 6.55. The van der Waals surface area contributed by atoms with Crippen LogP contribution in [0.15, 0.2) is 18.2 Å². The molecule has 1 heterocycles. The van der Waals surface area contributed by atoms with Crippen LogP contribution in [-0.4, -0.2) is 49.3 Å². The molecule has 138 valence electrons. The number of methoxy groups -OCH3 is 1. The molecule has 2 aliphatic rings. The molecule has 1 saturated carbocycles. The van der Waals surface area contributed by atoms with Crippen molar-refractivity contribution in [3.63, 3.8) is 0 Å². The number of aliphatic carboxylic acids is 1. The van der Waals surface area contributed by atoms with Gasteiger partial charge in [-0.3, -0.25) is 4.79 Å². The van der Waals surface area contributed by atoms with Crippen molar-refractivity contribution < 1.29 is 19.4 Å². The molecular formula is C20H29NO4. The van der Waals surface area contributed by atoms with Crippen molar-refractivity contribution in [2.75, 3.05) is 27.2 Å². The van der Waals surface area contributed by atoms with Crippen LogP contribution in [0.25, 0.3) is 0 Å². The number of benzene rings is 1. The Balaban J connectivity index is 1.87. The molecule has 0 amide bonds. The predicted molar refractivity (Wildman–Crippen MR) is 96.5 cm³/mol. The predicted octanol–water partition coefficient (Wildman–Crippen LogP) is 3.45. The highest BCUT2D eigenvalue weighted by Gasteiger charge is 2.41. The molecule has 1 aromatic carbocycles. The van der Waals surface area contributed by atoms with Gasteiger partial charge in [-0.1, -0.05) is 25.3 Å². The van der Waals surface area contributed by atoms with Gasteiger partial charge in [0, 0.05) is 13.1 Å². The second-order valence-corrected chi connectivity index (χ2v) is 7.43. The van der Waals surface area contributed by atoms with E-state index in [9.17, 15) is 9.90 Å². The summed E-state index contributed by atoms with van der Waals surface area (Å²) in [6, 6.07) is 5.68. The molecule has 1 aliphatic carbocycles. The molecule has 5 nitrogen and oxygen atoms in total. The maximum atomic E-state index is 12.1. The SMILES string of the molecule is COc1ccc(C2(C(=O)O)CCCCC2)cc1OC1CCN(C)CC1. The van der Waals surface area contributed by atoms with Gasteiger partial charge in [0.15, 0.2) is 11.5 Å². The molecule has 1 saturated heterocycles. The van der Waals surface area contributed by atoms with Crippen LogP contribution >= 0.6 is 0 Å². The highest BCUT2D eigenvalue weighted by molar-refractivity contribution is 5.82. The summed E-state index contributed by atoms with van der Waals surface area (Å²) in [6.45, 7) is 2.04. The summed E-state index contributed by atoms with van der Waals surface area (Å²) in [5.41, 5.74) is 0.0681. The molecule has 0 bridgehead atoms. The summed E-state index contributed by atoms with van der Waals surface area (Å²) >= 11 is 0. The van der Waals surface area contributed by atoms with Gasteiger partial charge >= 0.3 is 5.97 Å². The van der Waals surface area contributed by atoms with Crippen molar-refractivity contribution in [3.8, 4) is 11.5 Å². The lowest BCUT2D eigenvalue weighted by atomic mass is 9.69. The molecular weight excluding hydrogens is 318 g/mol. The lowest BCUT2D eigenvalue weighted by Crippen LogP contribution is -2.38. The number of likely N-dealkylation sites (tertiary alicyclic amines) is 1. The Morgan fingerprint density at radius 1 is 1.16 bits per heavy atom. The molecule has 0 aromatic heterocycles. The first-order valence-electron chi connectivity index (χ1n) is 9.32. The molecule has 5 heteroatoms. The van der Waals surface area contributed by atoms with Gasteiger partial charge in [-0.15, -0.1) is 0 Å². The first-order valence-corrected chi connectivity index (χ1v) is 9.32. The first kappa shape index (κ1) is 18.1. The summed E-state index contributed by atoms with van der Waals surface area (Å²) in [5, 5.41) is 9.93. The minimum atomic E-state index is -0.782. The fraction of sp³-hybridized carbons (Fsp3) is 0.650. The van der Waals surface area contributed by atoms with E-state index in [1.807, 2.05) is 18.2 Å². The summed E-state index contributed by atoms with van der Waals surface area (Å²) in [7, 11) is 3.75. The number of hydrogen-bond acceptors (Lipinski definition) is 4. The van der Waals surface area contributed by atoms with Crippen LogP contribution in [0.2, 0.25) is 0 Å². The minimum Gasteiger partial charge on any atom is -0.493 e. The molecule has 1 N–H and O–H groups in total. The van der Waals surface area contributed by atoms with E-state index in [0.29, 0.717) is 24.3 Å². The maximum absolute atomic E-state index is 12.1. The molecule has 0 unspecified atom stereocenters. The third-order valence-electron chi connectivity index (χ3n) is 5.79. The van der Waals surface area contributed by atoms with Gasteiger partial charge in [0.25, 0.3) is 0 Å². The van der Waals surface area contributed by atoms with Gasteiger partial charge in [0.1, 0.15) is 6.10 Å². The molecule has 0 spiro atoms. The lowest BCUT2D eigenvalue weighted by Gasteiger charge is -2.34. The number of carbonyl (C=O) groups is 1. The van der Waals surface area contributed by atoms with Crippen LogP contribution in [0.4, 0.5) is 0 Å². The number of ether oxygens (including phenoxy) is 2. The van der Waals surface area contributed by atoms with Crippen LogP contribution in [0.5, 0.6) is 11.5 Å². The van der Waals surface area contributed by atoms with E-state index in [2.05, 4.69) is 11.9 Å². The van der Waals surface area contributed by atoms with Gasteiger partial charge < -0.3 is 19.5 Å². The van der Waals surface area contributed by atoms with Crippen molar-refractivity contribution >= 4 is 5.97 Å². The van der Waals surface area contributed by atoms with Gasteiger partial charge in [-0.2, -0.15) is 0 Å². The van der Waals surface area contributed by atoms with Crippen molar-refractivity contribution in [3.05, 3.63) is 23.8 Å². The normalized spacial score (nSPS) is 21.7. The fourth-order valence-corrected chi connectivity index (χ4v) is 4.13. The van der Waals surface area contributed by atoms with E-state index in [0.717, 1.165) is 50.8 Å². The summed E-state index contributed by atoms with van der Waals surface area (Å²) < 4.78 is 11.7. The molecule has 2 fully saturated rings. The van der Waals surface area contributed by atoms with Crippen LogP contribution in [0, 0.1) is 0 Å². The maximum Gasteiger partial charge on any atom is 0.314 e. The van der Waals surface area contributed by atoms with Gasteiger partial charge in [-0.25, -0.2) is 0 Å². The van der Waals surface area contributed by atoms with E-state index in [1.165, 1.54) is 0 Å². The number of nitrogens with zero attached hydrogens (tertiary/aromatic N) is 1. The summed E-state index contributed by atoms with van der Waals surface area (Å²) in [4.78, 5) is 14.4. The quantitative estimate of drug-likeness (QED) is 0.884. The van der Waals surface area contributed by atoms with Gasteiger partial charge in [0.05, 0.1) is 12.5 Å². The number of carboxylic acids is 1. The molecule has 25 heavy (non-hydrogen) atoms. The van der Waals surface area contributed by atoms with Crippen molar-refractivity contribution in [2.45, 2.75) is 56.5 Å². The largest absolute Gasteiger partial charge is 0.493 e. The van der Waals surface area contributed by atoms with Crippen molar-refractivity contribution in [1.29, 1.82) is 0 Å². The highest BCUT2D eigenvalue weighted by Crippen LogP contribution is 2.43. The minimum absolute atomic E-state index is 0.160. The van der Waals surface area contributed by atoms with E-state index < -0.39 is 11.4 Å². The topological polar surface area (TPSA) is 59.0 Å². The second kappa shape index (κ2) is 7.65.